The third kappa shape index (κ3) is 10.1. The topological polar surface area (TPSA) is 43.1 Å². The smallest absolute Gasteiger partial charge is 0.230 e. The normalized spacial score (nSPS) is 12.7. The second-order valence-electron chi connectivity index (χ2n) is 4.18. The first-order chi connectivity index (χ1) is 7.18. The van der Waals surface area contributed by atoms with Gasteiger partial charge in [0.05, 0.1) is 5.25 Å². The molecule has 0 aliphatic rings. The van der Waals surface area contributed by atoms with Crippen molar-refractivity contribution in [1.29, 1.82) is 0 Å². The number of thiol groups is 1. The Balaban J connectivity index is 3.08. The second-order valence-corrected chi connectivity index (χ2v) is 4.81. The Morgan fingerprint density at radius 3 is 2.00 bits per heavy atom. The quantitative estimate of drug-likeness (QED) is 0.440. The number of hydrogen-bond donors (Lipinski definition) is 2. The summed E-state index contributed by atoms with van der Waals surface area (Å²) in [6.45, 7) is 2.23. The van der Waals surface area contributed by atoms with Crippen LogP contribution < -0.4 is 5.73 Å². The Morgan fingerprint density at radius 1 is 1.07 bits per heavy atom. The molecule has 0 spiro atoms. The van der Waals surface area contributed by atoms with E-state index in [4.69, 9.17) is 5.73 Å². The lowest BCUT2D eigenvalue weighted by molar-refractivity contribution is -0.117. The van der Waals surface area contributed by atoms with Crippen molar-refractivity contribution in [2.75, 3.05) is 0 Å². The molecule has 0 aromatic heterocycles. The van der Waals surface area contributed by atoms with Crippen LogP contribution in [0.4, 0.5) is 0 Å². The van der Waals surface area contributed by atoms with Gasteiger partial charge in [-0.3, -0.25) is 4.79 Å². The molecule has 0 aliphatic carbocycles. The van der Waals surface area contributed by atoms with Gasteiger partial charge in [0.1, 0.15) is 0 Å². The Bertz CT molecular complexity index is 162. The number of hydrogen-bond acceptors (Lipinski definition) is 2. The van der Waals surface area contributed by atoms with Gasteiger partial charge in [-0.1, -0.05) is 58.3 Å². The molecular weight excluding hydrogens is 206 g/mol. The van der Waals surface area contributed by atoms with Crippen molar-refractivity contribution in [2.45, 2.75) is 70.0 Å². The molecule has 2 N–H and O–H groups in total. The molecule has 0 rings (SSSR count). The molecule has 15 heavy (non-hydrogen) atoms. The SMILES string of the molecule is CCCCCCCCCCC(S)C(N)=O. The molecule has 0 heterocycles. The molecule has 0 aromatic rings. The average molecular weight is 231 g/mol. The van der Waals surface area contributed by atoms with Gasteiger partial charge in [0.15, 0.2) is 0 Å². The van der Waals surface area contributed by atoms with E-state index in [1.54, 1.807) is 0 Å². The van der Waals surface area contributed by atoms with Gasteiger partial charge in [-0.2, -0.15) is 12.6 Å². The van der Waals surface area contributed by atoms with Crippen LogP contribution in [0.15, 0.2) is 0 Å². The first-order valence-electron chi connectivity index (χ1n) is 6.16. The van der Waals surface area contributed by atoms with E-state index in [9.17, 15) is 4.79 Å². The summed E-state index contributed by atoms with van der Waals surface area (Å²) in [6.07, 6.45) is 11.1. The Kier molecular flexibility index (Phi) is 10.2. The molecule has 1 atom stereocenters. The van der Waals surface area contributed by atoms with E-state index in [-0.39, 0.29) is 11.2 Å². The number of carbonyl (C=O) groups excluding carboxylic acids is 1. The highest BCUT2D eigenvalue weighted by molar-refractivity contribution is 7.81. The van der Waals surface area contributed by atoms with Crippen molar-refractivity contribution in [3.05, 3.63) is 0 Å². The van der Waals surface area contributed by atoms with Gasteiger partial charge in [0.25, 0.3) is 0 Å². The van der Waals surface area contributed by atoms with Crippen LogP contribution in [0.2, 0.25) is 0 Å². The Labute approximate surface area is 99.4 Å². The molecule has 0 aromatic carbocycles. The summed E-state index contributed by atoms with van der Waals surface area (Å²) in [6, 6.07) is 0. The van der Waals surface area contributed by atoms with Crippen molar-refractivity contribution in [1.82, 2.24) is 0 Å². The highest BCUT2D eigenvalue weighted by atomic mass is 32.1. The van der Waals surface area contributed by atoms with Gasteiger partial charge in [0.2, 0.25) is 5.91 Å². The Hall–Kier alpha value is -0.180. The summed E-state index contributed by atoms with van der Waals surface area (Å²) in [7, 11) is 0. The highest BCUT2D eigenvalue weighted by Crippen LogP contribution is 2.12. The van der Waals surface area contributed by atoms with E-state index in [1.165, 1.54) is 44.9 Å². The minimum atomic E-state index is -0.290. The number of amides is 1. The maximum atomic E-state index is 10.7. The second kappa shape index (κ2) is 10.3. The summed E-state index contributed by atoms with van der Waals surface area (Å²) in [4.78, 5) is 10.7. The van der Waals surface area contributed by atoms with E-state index >= 15 is 0 Å². The van der Waals surface area contributed by atoms with E-state index in [0.29, 0.717) is 0 Å². The predicted octanol–water partition coefficient (Wildman–Crippen LogP) is 3.30. The first-order valence-corrected chi connectivity index (χ1v) is 6.67. The summed E-state index contributed by atoms with van der Waals surface area (Å²) >= 11 is 4.12. The molecule has 0 fully saturated rings. The van der Waals surface area contributed by atoms with Gasteiger partial charge in [-0.05, 0) is 6.42 Å². The largest absolute Gasteiger partial charge is 0.369 e. The Morgan fingerprint density at radius 2 is 1.53 bits per heavy atom. The lowest BCUT2D eigenvalue weighted by atomic mass is 10.1. The maximum Gasteiger partial charge on any atom is 0.230 e. The van der Waals surface area contributed by atoms with Crippen LogP contribution in [0.3, 0.4) is 0 Å². The van der Waals surface area contributed by atoms with Crippen LogP contribution in [0.5, 0.6) is 0 Å². The van der Waals surface area contributed by atoms with Crippen LogP contribution in [-0.2, 0) is 4.79 Å². The first kappa shape index (κ1) is 14.8. The molecule has 0 saturated carbocycles. The van der Waals surface area contributed by atoms with Crippen molar-refractivity contribution < 1.29 is 4.79 Å². The van der Waals surface area contributed by atoms with Crippen molar-refractivity contribution in [3.8, 4) is 0 Å². The van der Waals surface area contributed by atoms with Gasteiger partial charge in [-0.15, -0.1) is 0 Å². The minimum Gasteiger partial charge on any atom is -0.369 e. The van der Waals surface area contributed by atoms with E-state index in [2.05, 4.69) is 19.6 Å². The van der Waals surface area contributed by atoms with Crippen molar-refractivity contribution in [2.24, 2.45) is 5.73 Å². The summed E-state index contributed by atoms with van der Waals surface area (Å²) in [5.41, 5.74) is 5.12. The fraction of sp³-hybridized carbons (Fsp3) is 0.917. The van der Waals surface area contributed by atoms with Crippen LogP contribution in [-0.4, -0.2) is 11.2 Å². The molecular formula is C12H25NOS. The zero-order chi connectivity index (χ0) is 11.5. The summed E-state index contributed by atoms with van der Waals surface area (Å²) < 4.78 is 0. The van der Waals surface area contributed by atoms with E-state index < -0.39 is 0 Å². The monoisotopic (exact) mass is 231 g/mol. The standard InChI is InChI=1S/C12H25NOS/c1-2-3-4-5-6-7-8-9-10-11(15)12(13)14/h11,15H,2-10H2,1H3,(H2,13,14). The van der Waals surface area contributed by atoms with Crippen molar-refractivity contribution >= 4 is 18.5 Å². The minimum absolute atomic E-state index is 0.245. The van der Waals surface area contributed by atoms with Crippen LogP contribution in [0.25, 0.3) is 0 Å². The molecule has 1 amide bonds. The molecule has 0 bridgehead atoms. The fourth-order valence-electron chi connectivity index (χ4n) is 1.61. The van der Waals surface area contributed by atoms with Gasteiger partial charge < -0.3 is 5.73 Å². The van der Waals surface area contributed by atoms with Gasteiger partial charge >= 0.3 is 0 Å². The molecule has 0 aliphatic heterocycles. The number of rotatable bonds is 10. The zero-order valence-electron chi connectivity index (χ0n) is 9.87. The average Bonchev–Trinajstić information content (AvgIpc) is 2.21. The molecule has 0 radical (unpaired) electrons. The summed E-state index contributed by atoms with van der Waals surface area (Å²) in [5.74, 6) is -0.290. The highest BCUT2D eigenvalue weighted by Gasteiger charge is 2.07. The van der Waals surface area contributed by atoms with Gasteiger partial charge in [-0.25, -0.2) is 0 Å². The number of unbranched alkanes of at least 4 members (excludes halogenated alkanes) is 7. The van der Waals surface area contributed by atoms with Crippen molar-refractivity contribution in [3.63, 3.8) is 0 Å². The molecule has 0 saturated heterocycles. The predicted molar refractivity (Wildman–Crippen MR) is 69.2 cm³/mol. The van der Waals surface area contributed by atoms with E-state index in [0.717, 1.165) is 12.8 Å². The molecule has 2 nitrogen and oxygen atoms in total. The number of nitrogens with two attached hydrogens (primary N) is 1. The lowest BCUT2D eigenvalue weighted by Gasteiger charge is -2.05. The molecule has 90 valence electrons. The number of primary amides is 1. The van der Waals surface area contributed by atoms with Crippen LogP contribution in [0.1, 0.15) is 64.7 Å². The van der Waals surface area contributed by atoms with Crippen LogP contribution in [0, 0.1) is 0 Å². The maximum absolute atomic E-state index is 10.7. The van der Waals surface area contributed by atoms with Crippen LogP contribution >= 0.6 is 12.6 Å². The third-order valence-corrected chi connectivity index (χ3v) is 3.17. The fourth-order valence-corrected chi connectivity index (χ4v) is 1.80. The van der Waals surface area contributed by atoms with E-state index in [1.807, 2.05) is 0 Å². The zero-order valence-corrected chi connectivity index (χ0v) is 10.8. The molecule has 3 heteroatoms. The third-order valence-electron chi connectivity index (χ3n) is 2.66. The van der Waals surface area contributed by atoms with Gasteiger partial charge in [0, 0.05) is 0 Å². The lowest BCUT2D eigenvalue weighted by Crippen LogP contribution is -2.23. The number of carbonyl (C=O) groups is 1. The molecule has 1 unspecified atom stereocenters. The summed E-state index contributed by atoms with van der Waals surface area (Å²) in [5, 5.41) is -0.245.